The van der Waals surface area contributed by atoms with Crippen molar-refractivity contribution in [3.8, 4) is 0 Å². The van der Waals surface area contributed by atoms with E-state index in [-0.39, 0.29) is 13.0 Å². The van der Waals surface area contributed by atoms with E-state index in [1.807, 2.05) is 0 Å². The summed E-state index contributed by atoms with van der Waals surface area (Å²) in [6.07, 6.45) is 1.47. The Balaban J connectivity index is 2.42. The van der Waals surface area contributed by atoms with Crippen LogP contribution in [0.2, 0.25) is 0 Å². The standard InChI is InChI=1S/C9H12N4O6/c14-7(15)3-13(4-8(16)17)9(18)10-2-1-6-11-5-12-19-6/h5H,1-4H2,(H,10,18)(H,14,15)(H,16,17). The SMILES string of the molecule is O=C(O)CN(CC(=O)O)C(=O)NCCc1ncno1. The van der Waals surface area contributed by atoms with Gasteiger partial charge in [0.05, 0.1) is 0 Å². The fourth-order valence-electron chi connectivity index (χ4n) is 1.22. The maximum Gasteiger partial charge on any atom is 0.323 e. The molecule has 1 aromatic heterocycles. The number of carboxylic acids is 2. The van der Waals surface area contributed by atoms with Gasteiger partial charge >= 0.3 is 18.0 Å². The lowest BCUT2D eigenvalue weighted by Gasteiger charge is -2.18. The summed E-state index contributed by atoms with van der Waals surface area (Å²) in [6, 6.07) is -0.788. The van der Waals surface area contributed by atoms with Gasteiger partial charge in [-0.25, -0.2) is 4.79 Å². The van der Waals surface area contributed by atoms with Crippen LogP contribution < -0.4 is 5.32 Å². The van der Waals surface area contributed by atoms with E-state index < -0.39 is 31.1 Å². The topological polar surface area (TPSA) is 146 Å². The molecule has 104 valence electrons. The molecule has 3 N–H and O–H groups in total. The fourth-order valence-corrected chi connectivity index (χ4v) is 1.22. The Bertz CT molecular complexity index is 430. The number of nitrogens with zero attached hydrogens (tertiary/aromatic N) is 3. The summed E-state index contributed by atoms with van der Waals surface area (Å²) >= 11 is 0. The normalized spacial score (nSPS) is 9.89. The van der Waals surface area contributed by atoms with E-state index in [0.29, 0.717) is 10.8 Å². The Morgan fingerprint density at radius 3 is 2.37 bits per heavy atom. The third kappa shape index (κ3) is 5.48. The summed E-state index contributed by atoms with van der Waals surface area (Å²) in [5, 5.41) is 22.9. The third-order valence-corrected chi connectivity index (χ3v) is 1.96. The van der Waals surface area contributed by atoms with Gasteiger partial charge in [-0.2, -0.15) is 4.98 Å². The van der Waals surface area contributed by atoms with Crippen molar-refractivity contribution in [1.29, 1.82) is 0 Å². The average molecular weight is 272 g/mol. The molecule has 1 heterocycles. The van der Waals surface area contributed by atoms with Crippen molar-refractivity contribution in [2.24, 2.45) is 0 Å². The second-order valence-electron chi connectivity index (χ2n) is 3.46. The zero-order valence-corrected chi connectivity index (χ0v) is 9.77. The lowest BCUT2D eigenvalue weighted by molar-refractivity contribution is -0.140. The van der Waals surface area contributed by atoms with Crippen molar-refractivity contribution < 1.29 is 29.1 Å². The maximum absolute atomic E-state index is 11.6. The molecule has 0 spiro atoms. The number of carbonyl (C=O) groups excluding carboxylic acids is 1. The van der Waals surface area contributed by atoms with E-state index in [4.69, 9.17) is 14.7 Å². The van der Waals surface area contributed by atoms with E-state index in [9.17, 15) is 14.4 Å². The van der Waals surface area contributed by atoms with Gasteiger partial charge < -0.3 is 25.0 Å². The second kappa shape index (κ2) is 6.93. The van der Waals surface area contributed by atoms with Crippen LogP contribution >= 0.6 is 0 Å². The lowest BCUT2D eigenvalue weighted by atomic mass is 10.4. The minimum absolute atomic E-state index is 0.122. The minimum atomic E-state index is -1.30. The van der Waals surface area contributed by atoms with Gasteiger partial charge in [-0.3, -0.25) is 9.59 Å². The number of urea groups is 1. The molecule has 10 nitrogen and oxygen atoms in total. The number of carbonyl (C=O) groups is 3. The van der Waals surface area contributed by atoms with Gasteiger partial charge in [0, 0.05) is 13.0 Å². The predicted octanol–water partition coefficient (Wildman–Crippen LogP) is -1.21. The molecule has 0 aliphatic rings. The predicted molar refractivity (Wildman–Crippen MR) is 58.2 cm³/mol. The highest BCUT2D eigenvalue weighted by Gasteiger charge is 2.19. The number of aliphatic carboxylic acids is 2. The fraction of sp³-hybridized carbons (Fsp3) is 0.444. The summed E-state index contributed by atoms with van der Waals surface area (Å²) in [7, 11) is 0. The van der Waals surface area contributed by atoms with Crippen LogP contribution in [0.15, 0.2) is 10.9 Å². The van der Waals surface area contributed by atoms with E-state index in [0.717, 1.165) is 0 Å². The molecule has 0 saturated heterocycles. The monoisotopic (exact) mass is 272 g/mol. The molecule has 1 aromatic rings. The number of amides is 2. The first-order chi connectivity index (χ1) is 8.99. The van der Waals surface area contributed by atoms with Gasteiger partial charge in [0.1, 0.15) is 13.1 Å². The van der Waals surface area contributed by atoms with Gasteiger partial charge in [0.15, 0.2) is 6.33 Å². The Hall–Kier alpha value is -2.65. The van der Waals surface area contributed by atoms with E-state index >= 15 is 0 Å². The smallest absolute Gasteiger partial charge is 0.323 e. The minimum Gasteiger partial charge on any atom is -0.480 e. The van der Waals surface area contributed by atoms with Crippen molar-refractivity contribution in [3.63, 3.8) is 0 Å². The van der Waals surface area contributed by atoms with Crippen molar-refractivity contribution in [1.82, 2.24) is 20.4 Å². The van der Waals surface area contributed by atoms with Crippen LogP contribution in [0.25, 0.3) is 0 Å². The lowest BCUT2D eigenvalue weighted by Crippen LogP contribution is -2.45. The van der Waals surface area contributed by atoms with Crippen LogP contribution in [0.5, 0.6) is 0 Å². The number of nitrogens with one attached hydrogen (secondary N) is 1. The van der Waals surface area contributed by atoms with Gasteiger partial charge in [0.2, 0.25) is 5.89 Å². The van der Waals surface area contributed by atoms with Crippen LogP contribution in [0.4, 0.5) is 4.79 Å². The van der Waals surface area contributed by atoms with Crippen LogP contribution in [0.3, 0.4) is 0 Å². The summed E-state index contributed by atoms with van der Waals surface area (Å²) in [5.74, 6) is -2.29. The van der Waals surface area contributed by atoms with E-state index in [2.05, 4.69) is 15.5 Å². The van der Waals surface area contributed by atoms with Crippen molar-refractivity contribution in [2.45, 2.75) is 6.42 Å². The zero-order chi connectivity index (χ0) is 14.3. The summed E-state index contributed by atoms with van der Waals surface area (Å²) in [4.78, 5) is 37.0. The van der Waals surface area contributed by atoms with E-state index in [1.165, 1.54) is 6.33 Å². The van der Waals surface area contributed by atoms with Crippen LogP contribution in [-0.4, -0.2) is 62.9 Å². The number of hydrogen-bond acceptors (Lipinski definition) is 6. The Labute approximate surface area is 107 Å². The first-order valence-electron chi connectivity index (χ1n) is 5.21. The Kier molecular flexibility index (Phi) is 5.26. The molecule has 19 heavy (non-hydrogen) atoms. The summed E-state index contributed by atoms with van der Waals surface area (Å²) in [6.45, 7) is -1.27. The molecule has 0 atom stereocenters. The summed E-state index contributed by atoms with van der Waals surface area (Å²) in [5.41, 5.74) is 0. The van der Waals surface area contributed by atoms with Gasteiger partial charge in [-0.15, -0.1) is 0 Å². The Morgan fingerprint density at radius 1 is 1.26 bits per heavy atom. The number of aromatic nitrogens is 2. The van der Waals surface area contributed by atoms with Gasteiger partial charge in [-0.1, -0.05) is 5.16 Å². The first-order valence-corrected chi connectivity index (χ1v) is 5.21. The van der Waals surface area contributed by atoms with Crippen molar-refractivity contribution in [3.05, 3.63) is 12.2 Å². The highest BCUT2D eigenvalue weighted by atomic mass is 16.5. The van der Waals surface area contributed by atoms with Crippen molar-refractivity contribution in [2.75, 3.05) is 19.6 Å². The molecular weight excluding hydrogens is 260 g/mol. The molecule has 0 aliphatic carbocycles. The highest BCUT2D eigenvalue weighted by Crippen LogP contribution is 1.93. The average Bonchev–Trinajstić information content (AvgIpc) is 2.79. The highest BCUT2D eigenvalue weighted by molar-refractivity contribution is 5.84. The molecular formula is C9H12N4O6. The quantitative estimate of drug-likeness (QED) is 0.560. The van der Waals surface area contributed by atoms with Crippen LogP contribution in [0.1, 0.15) is 5.89 Å². The zero-order valence-electron chi connectivity index (χ0n) is 9.77. The molecule has 0 aromatic carbocycles. The van der Waals surface area contributed by atoms with Crippen LogP contribution in [0, 0.1) is 0 Å². The molecule has 1 rings (SSSR count). The molecule has 0 bridgehead atoms. The second-order valence-corrected chi connectivity index (χ2v) is 3.46. The molecule has 10 heteroatoms. The molecule has 0 aliphatic heterocycles. The molecule has 0 radical (unpaired) electrons. The number of rotatable bonds is 7. The first kappa shape index (κ1) is 14.4. The van der Waals surface area contributed by atoms with Crippen molar-refractivity contribution >= 4 is 18.0 Å². The maximum atomic E-state index is 11.6. The van der Waals surface area contributed by atoms with Gasteiger partial charge in [-0.05, 0) is 0 Å². The number of carboxylic acid groups (broad SMARTS) is 2. The molecule has 2 amide bonds. The largest absolute Gasteiger partial charge is 0.480 e. The van der Waals surface area contributed by atoms with Gasteiger partial charge in [0.25, 0.3) is 0 Å². The molecule has 0 saturated carbocycles. The third-order valence-electron chi connectivity index (χ3n) is 1.96. The van der Waals surface area contributed by atoms with E-state index in [1.54, 1.807) is 0 Å². The Morgan fingerprint density at radius 2 is 1.89 bits per heavy atom. The van der Waals surface area contributed by atoms with Crippen LogP contribution in [-0.2, 0) is 16.0 Å². The molecule has 0 fully saturated rings. The summed E-state index contributed by atoms with van der Waals surface area (Å²) < 4.78 is 4.69. The number of hydrogen-bond donors (Lipinski definition) is 3. The molecule has 0 unspecified atom stereocenters.